The Kier molecular flexibility index (Phi) is 4.74. The Bertz CT molecular complexity index is 1050. The molecule has 2 aliphatic rings. The summed E-state index contributed by atoms with van der Waals surface area (Å²) in [6, 6.07) is 19.0. The van der Waals surface area contributed by atoms with Gasteiger partial charge in [-0.2, -0.15) is 0 Å². The van der Waals surface area contributed by atoms with Gasteiger partial charge in [0.25, 0.3) is 0 Å². The fraction of sp³-hybridized carbons (Fsp3) is 0.250. The molecule has 1 atom stereocenters. The Hall–Kier alpha value is -3.18. The van der Waals surface area contributed by atoms with Crippen LogP contribution in [0.25, 0.3) is 17.5 Å². The van der Waals surface area contributed by atoms with Crippen molar-refractivity contribution >= 4 is 12.0 Å². The van der Waals surface area contributed by atoms with Gasteiger partial charge in [-0.1, -0.05) is 60.7 Å². The number of carbonyl (C=O) groups is 1. The van der Waals surface area contributed by atoms with Gasteiger partial charge < -0.3 is 15.2 Å². The van der Waals surface area contributed by atoms with Crippen LogP contribution in [0.15, 0.2) is 60.7 Å². The highest BCUT2D eigenvalue weighted by Gasteiger charge is 2.32. The number of hydrogen-bond donors (Lipinski definition) is 2. The van der Waals surface area contributed by atoms with Crippen LogP contribution in [0.1, 0.15) is 34.9 Å². The number of hydrogen-bond acceptors (Lipinski definition) is 3. The van der Waals surface area contributed by atoms with Gasteiger partial charge in [0.05, 0.1) is 17.3 Å². The lowest BCUT2D eigenvalue weighted by Crippen LogP contribution is -2.28. The van der Waals surface area contributed by atoms with Crippen LogP contribution in [-0.2, 0) is 24.4 Å². The highest BCUT2D eigenvalue weighted by Crippen LogP contribution is 2.35. The highest BCUT2D eigenvalue weighted by molar-refractivity contribution is 5.86. The Morgan fingerprint density at radius 3 is 2.59 bits per heavy atom. The fourth-order valence-corrected chi connectivity index (χ4v) is 4.21. The molecule has 0 spiro atoms. The maximum atomic E-state index is 12.4. The van der Waals surface area contributed by atoms with Crippen molar-refractivity contribution in [1.82, 2.24) is 20.2 Å². The Labute approximate surface area is 170 Å². The van der Waals surface area contributed by atoms with Crippen LogP contribution in [-0.4, -0.2) is 22.0 Å². The van der Waals surface area contributed by atoms with Crippen LogP contribution in [0.2, 0.25) is 0 Å². The van der Waals surface area contributed by atoms with Gasteiger partial charge in [0.1, 0.15) is 5.82 Å². The van der Waals surface area contributed by atoms with Crippen molar-refractivity contribution in [3.8, 4) is 11.4 Å². The maximum Gasteiger partial charge on any atom is 0.229 e. The second kappa shape index (κ2) is 7.68. The van der Waals surface area contributed by atoms with E-state index in [0.717, 1.165) is 48.8 Å². The molecule has 146 valence electrons. The molecule has 1 amide bonds. The van der Waals surface area contributed by atoms with Crippen molar-refractivity contribution in [2.75, 3.05) is 6.54 Å². The molecular weight excluding hydrogens is 360 g/mol. The first kappa shape index (κ1) is 17.9. The molecule has 1 unspecified atom stereocenters. The predicted octanol–water partition coefficient (Wildman–Crippen LogP) is 3.47. The summed E-state index contributed by atoms with van der Waals surface area (Å²) >= 11 is 0. The number of amides is 1. The first-order valence-electron chi connectivity index (χ1n) is 10.2. The lowest BCUT2D eigenvalue weighted by molar-refractivity contribution is -0.122. The summed E-state index contributed by atoms with van der Waals surface area (Å²) in [5.41, 5.74) is 5.61. The van der Waals surface area contributed by atoms with Crippen molar-refractivity contribution in [3.05, 3.63) is 83.2 Å². The van der Waals surface area contributed by atoms with Crippen molar-refractivity contribution < 1.29 is 4.79 Å². The summed E-state index contributed by atoms with van der Waals surface area (Å²) in [7, 11) is 0. The second-order valence-corrected chi connectivity index (χ2v) is 7.63. The van der Waals surface area contributed by atoms with Gasteiger partial charge in [-0.3, -0.25) is 4.79 Å². The molecule has 0 saturated carbocycles. The van der Waals surface area contributed by atoms with E-state index in [1.807, 2.05) is 12.1 Å². The zero-order valence-corrected chi connectivity index (χ0v) is 16.3. The number of aromatic nitrogens is 2. The number of imidazole rings is 1. The number of carbonyl (C=O) groups excluding carboxylic acids is 1. The van der Waals surface area contributed by atoms with Gasteiger partial charge in [-0.25, -0.2) is 4.98 Å². The molecule has 2 N–H and O–H groups in total. The van der Waals surface area contributed by atoms with Gasteiger partial charge in [0.2, 0.25) is 5.91 Å². The van der Waals surface area contributed by atoms with Gasteiger partial charge >= 0.3 is 0 Å². The van der Waals surface area contributed by atoms with E-state index in [4.69, 9.17) is 4.98 Å². The van der Waals surface area contributed by atoms with Crippen molar-refractivity contribution in [2.45, 2.75) is 32.0 Å². The number of nitrogens with one attached hydrogen (secondary N) is 2. The van der Waals surface area contributed by atoms with E-state index in [-0.39, 0.29) is 11.8 Å². The summed E-state index contributed by atoms with van der Waals surface area (Å²) in [5.74, 6) is 0.938. The van der Waals surface area contributed by atoms with Gasteiger partial charge in [0.15, 0.2) is 0 Å². The summed E-state index contributed by atoms with van der Waals surface area (Å²) in [6.45, 7) is 3.08. The van der Waals surface area contributed by atoms with Crippen molar-refractivity contribution in [2.24, 2.45) is 0 Å². The lowest BCUT2D eigenvalue weighted by Gasteiger charge is -2.16. The number of benzene rings is 2. The Morgan fingerprint density at radius 2 is 1.79 bits per heavy atom. The molecule has 5 rings (SSSR count). The van der Waals surface area contributed by atoms with E-state index in [2.05, 4.69) is 69.8 Å². The molecular formula is C24H24N4O. The number of rotatable bonds is 5. The predicted molar refractivity (Wildman–Crippen MR) is 114 cm³/mol. The smallest absolute Gasteiger partial charge is 0.229 e. The van der Waals surface area contributed by atoms with Crippen LogP contribution >= 0.6 is 0 Å². The van der Waals surface area contributed by atoms with Gasteiger partial charge in [0, 0.05) is 31.7 Å². The Morgan fingerprint density at radius 1 is 1.03 bits per heavy atom. The molecule has 0 saturated heterocycles. The molecule has 29 heavy (non-hydrogen) atoms. The quantitative estimate of drug-likeness (QED) is 0.708. The molecule has 1 aliphatic carbocycles. The summed E-state index contributed by atoms with van der Waals surface area (Å²) in [6.07, 6.45) is 4.85. The third-order valence-corrected chi connectivity index (χ3v) is 5.68. The normalized spacial score (nSPS) is 17.5. The molecule has 0 radical (unpaired) electrons. The van der Waals surface area contributed by atoms with Crippen LogP contribution in [0.3, 0.4) is 0 Å². The third kappa shape index (κ3) is 3.49. The minimum atomic E-state index is -0.125. The molecule has 3 aromatic rings. The molecule has 5 nitrogen and oxygen atoms in total. The molecule has 0 bridgehead atoms. The number of allylic oxidation sites excluding steroid dienone is 1. The monoisotopic (exact) mass is 384 g/mol. The minimum absolute atomic E-state index is 0.112. The molecule has 5 heteroatoms. The highest BCUT2D eigenvalue weighted by atomic mass is 16.1. The van der Waals surface area contributed by atoms with Gasteiger partial charge in [-0.15, -0.1) is 0 Å². The summed E-state index contributed by atoms with van der Waals surface area (Å²) in [5, 5.41) is 6.53. The van der Waals surface area contributed by atoms with Crippen LogP contribution < -0.4 is 10.6 Å². The maximum absolute atomic E-state index is 12.4. The van der Waals surface area contributed by atoms with E-state index < -0.39 is 0 Å². The fourth-order valence-electron chi connectivity index (χ4n) is 4.21. The second-order valence-electron chi connectivity index (χ2n) is 7.63. The first-order chi connectivity index (χ1) is 14.3. The summed E-state index contributed by atoms with van der Waals surface area (Å²) in [4.78, 5) is 17.3. The van der Waals surface area contributed by atoms with Crippen LogP contribution in [0.5, 0.6) is 0 Å². The van der Waals surface area contributed by atoms with E-state index in [1.165, 1.54) is 11.1 Å². The first-order valence-corrected chi connectivity index (χ1v) is 10.2. The van der Waals surface area contributed by atoms with E-state index in [9.17, 15) is 4.79 Å². The van der Waals surface area contributed by atoms with Crippen molar-refractivity contribution in [1.29, 1.82) is 0 Å². The molecule has 1 aliphatic heterocycles. The SMILES string of the molecule is O=C1NCCn2c(-c3ccc(CNCc4ccccc4)cc3)nc3c2C1CC=C3. The standard InChI is InChI=1S/C24H24N4O/c29-24-20-7-4-8-21-22(20)28(14-13-26-24)23(27-21)19-11-9-18(10-12-19)16-25-15-17-5-2-1-3-6-17/h1-6,8-12,20,25H,7,13-16H2,(H,26,29). The van der Waals surface area contributed by atoms with E-state index >= 15 is 0 Å². The van der Waals surface area contributed by atoms with Crippen molar-refractivity contribution in [3.63, 3.8) is 0 Å². The molecule has 2 heterocycles. The van der Waals surface area contributed by atoms with E-state index in [0.29, 0.717) is 6.54 Å². The van der Waals surface area contributed by atoms with Crippen LogP contribution in [0.4, 0.5) is 0 Å². The average molecular weight is 384 g/mol. The topological polar surface area (TPSA) is 59.0 Å². The summed E-state index contributed by atoms with van der Waals surface area (Å²) < 4.78 is 2.23. The minimum Gasteiger partial charge on any atom is -0.354 e. The zero-order valence-electron chi connectivity index (χ0n) is 16.3. The number of nitrogens with zero attached hydrogens (tertiary/aromatic N) is 2. The third-order valence-electron chi connectivity index (χ3n) is 5.68. The van der Waals surface area contributed by atoms with E-state index in [1.54, 1.807) is 0 Å². The Balaban J connectivity index is 1.35. The lowest BCUT2D eigenvalue weighted by atomic mass is 9.94. The zero-order chi connectivity index (χ0) is 19.6. The van der Waals surface area contributed by atoms with Crippen LogP contribution in [0, 0.1) is 0 Å². The molecule has 2 aromatic carbocycles. The average Bonchev–Trinajstić information content (AvgIpc) is 3.04. The van der Waals surface area contributed by atoms with Gasteiger partial charge in [-0.05, 0) is 23.6 Å². The molecule has 0 fully saturated rings. The molecule has 1 aromatic heterocycles. The largest absolute Gasteiger partial charge is 0.354 e.